The quantitative estimate of drug-likeness (QED) is 0.852. The monoisotopic (exact) mass is 359 g/mol. The second-order valence-electron chi connectivity index (χ2n) is 5.99. The highest BCUT2D eigenvalue weighted by molar-refractivity contribution is 7.93. The van der Waals surface area contributed by atoms with Crippen LogP contribution in [0.15, 0.2) is 24.3 Å². The maximum atomic E-state index is 12.2. The van der Waals surface area contributed by atoms with E-state index >= 15 is 0 Å². The van der Waals surface area contributed by atoms with Gasteiger partial charge in [-0.05, 0) is 43.6 Å². The summed E-state index contributed by atoms with van der Waals surface area (Å²) in [5.41, 5.74) is 1.26. The molecule has 3 rings (SSSR count). The van der Waals surface area contributed by atoms with Crippen LogP contribution in [0.1, 0.15) is 13.3 Å². The van der Waals surface area contributed by atoms with Gasteiger partial charge in [0, 0.05) is 18.2 Å². The summed E-state index contributed by atoms with van der Waals surface area (Å²) in [5.74, 6) is 0.491. The number of nitrogens with zero attached hydrogens (tertiary/aromatic N) is 1. The SMILES string of the molecule is CC(C(=O)Nc1cccc(N2CCCS2(=O)=O)c1)C1CNC1.Cl. The first-order valence-corrected chi connectivity index (χ1v) is 9.20. The molecular formula is C15H22ClN3O3S. The van der Waals surface area contributed by atoms with E-state index in [1.165, 1.54) is 4.31 Å². The van der Waals surface area contributed by atoms with Gasteiger partial charge in [-0.3, -0.25) is 9.10 Å². The average molecular weight is 360 g/mol. The van der Waals surface area contributed by atoms with Gasteiger partial charge in [0.15, 0.2) is 0 Å². The number of amides is 1. The molecule has 0 bridgehead atoms. The van der Waals surface area contributed by atoms with E-state index < -0.39 is 10.0 Å². The third kappa shape index (κ3) is 3.79. The van der Waals surface area contributed by atoms with Crippen LogP contribution in [0.4, 0.5) is 11.4 Å². The number of benzene rings is 1. The Balaban J connectivity index is 0.00000192. The molecule has 2 heterocycles. The van der Waals surface area contributed by atoms with Gasteiger partial charge in [0.1, 0.15) is 0 Å². The lowest BCUT2D eigenvalue weighted by Gasteiger charge is -2.31. The summed E-state index contributed by atoms with van der Waals surface area (Å²) >= 11 is 0. The highest BCUT2D eigenvalue weighted by atomic mass is 35.5. The zero-order chi connectivity index (χ0) is 15.7. The van der Waals surface area contributed by atoms with E-state index in [2.05, 4.69) is 10.6 Å². The Morgan fingerprint density at radius 3 is 2.70 bits per heavy atom. The number of sulfonamides is 1. The molecule has 2 saturated heterocycles. The number of rotatable bonds is 4. The van der Waals surface area contributed by atoms with Crippen molar-refractivity contribution in [2.45, 2.75) is 13.3 Å². The molecule has 23 heavy (non-hydrogen) atoms. The summed E-state index contributed by atoms with van der Waals surface area (Å²) in [4.78, 5) is 12.2. The standard InChI is InChI=1S/C15H21N3O3S.ClH/c1-11(12-9-16-10-12)15(19)17-13-4-2-5-14(8-13)18-6-3-7-22(18,20)21;/h2,4-5,8,11-12,16H,3,6-7,9-10H2,1H3,(H,17,19);1H. The van der Waals surface area contributed by atoms with Crippen molar-refractivity contribution in [3.8, 4) is 0 Å². The van der Waals surface area contributed by atoms with Crippen LogP contribution in [-0.2, 0) is 14.8 Å². The van der Waals surface area contributed by atoms with Crippen LogP contribution in [0.3, 0.4) is 0 Å². The molecule has 8 heteroatoms. The summed E-state index contributed by atoms with van der Waals surface area (Å²) < 4.78 is 25.4. The van der Waals surface area contributed by atoms with Gasteiger partial charge in [0.25, 0.3) is 0 Å². The predicted molar refractivity (Wildman–Crippen MR) is 93.6 cm³/mol. The van der Waals surface area contributed by atoms with Crippen molar-refractivity contribution in [1.29, 1.82) is 0 Å². The molecule has 1 aromatic carbocycles. The largest absolute Gasteiger partial charge is 0.326 e. The molecule has 2 aliphatic rings. The maximum absolute atomic E-state index is 12.2. The molecule has 2 aliphatic heterocycles. The number of nitrogens with one attached hydrogen (secondary N) is 2. The molecule has 1 unspecified atom stereocenters. The Morgan fingerprint density at radius 1 is 1.39 bits per heavy atom. The average Bonchev–Trinajstić information content (AvgIpc) is 2.76. The van der Waals surface area contributed by atoms with E-state index in [1.54, 1.807) is 24.3 Å². The van der Waals surface area contributed by atoms with Gasteiger partial charge in [-0.15, -0.1) is 12.4 Å². The number of anilines is 2. The fourth-order valence-electron chi connectivity index (χ4n) is 2.80. The van der Waals surface area contributed by atoms with Gasteiger partial charge in [-0.2, -0.15) is 0 Å². The lowest BCUT2D eigenvalue weighted by atomic mass is 9.88. The van der Waals surface area contributed by atoms with Gasteiger partial charge in [0.2, 0.25) is 15.9 Å². The molecule has 128 valence electrons. The molecule has 0 aromatic heterocycles. The van der Waals surface area contributed by atoms with E-state index in [9.17, 15) is 13.2 Å². The Bertz CT molecular complexity index is 676. The molecule has 1 amide bonds. The summed E-state index contributed by atoms with van der Waals surface area (Å²) in [5, 5.41) is 6.06. The van der Waals surface area contributed by atoms with Gasteiger partial charge in [-0.25, -0.2) is 8.42 Å². The minimum absolute atomic E-state index is 0. The van der Waals surface area contributed by atoms with E-state index in [1.807, 2.05) is 6.92 Å². The van der Waals surface area contributed by atoms with Gasteiger partial charge < -0.3 is 10.6 Å². The number of hydrogen-bond acceptors (Lipinski definition) is 4. The van der Waals surface area contributed by atoms with Crippen LogP contribution in [0.2, 0.25) is 0 Å². The lowest BCUT2D eigenvalue weighted by molar-refractivity contribution is -0.121. The first-order chi connectivity index (χ1) is 10.5. The normalized spacial score (nSPS) is 21.2. The number of hydrogen-bond donors (Lipinski definition) is 2. The first-order valence-electron chi connectivity index (χ1n) is 7.59. The van der Waals surface area contributed by atoms with E-state index in [0.29, 0.717) is 30.3 Å². The molecule has 0 aliphatic carbocycles. The fourth-order valence-corrected chi connectivity index (χ4v) is 4.36. The zero-order valence-corrected chi connectivity index (χ0v) is 14.6. The van der Waals surface area contributed by atoms with Crippen LogP contribution >= 0.6 is 12.4 Å². The van der Waals surface area contributed by atoms with Crippen molar-refractivity contribution in [2.24, 2.45) is 11.8 Å². The summed E-state index contributed by atoms with van der Waals surface area (Å²) in [6.07, 6.45) is 0.643. The molecule has 0 spiro atoms. The molecular weight excluding hydrogens is 338 g/mol. The highest BCUT2D eigenvalue weighted by Crippen LogP contribution is 2.27. The molecule has 2 N–H and O–H groups in total. The summed E-state index contributed by atoms with van der Waals surface area (Å²) in [6, 6.07) is 7.05. The Morgan fingerprint density at radius 2 is 2.13 bits per heavy atom. The minimum atomic E-state index is -3.20. The van der Waals surface area contributed by atoms with Gasteiger partial charge in [-0.1, -0.05) is 13.0 Å². The Kier molecular flexibility index (Phi) is 5.54. The zero-order valence-electron chi connectivity index (χ0n) is 13.0. The Hall–Kier alpha value is -1.31. The second-order valence-corrected chi connectivity index (χ2v) is 8.00. The smallest absolute Gasteiger partial charge is 0.235 e. The van der Waals surface area contributed by atoms with E-state index in [0.717, 1.165) is 13.1 Å². The fraction of sp³-hybridized carbons (Fsp3) is 0.533. The Labute approximate surface area is 143 Å². The molecule has 2 fully saturated rings. The summed E-state index contributed by atoms with van der Waals surface area (Å²) in [6.45, 7) is 4.18. The second kappa shape index (κ2) is 7.07. The van der Waals surface area contributed by atoms with Crippen LogP contribution in [0.5, 0.6) is 0 Å². The van der Waals surface area contributed by atoms with Crippen molar-refractivity contribution in [3.63, 3.8) is 0 Å². The molecule has 0 radical (unpaired) electrons. The number of halogens is 1. The van der Waals surface area contributed by atoms with Crippen molar-refractivity contribution in [2.75, 3.05) is 35.0 Å². The highest BCUT2D eigenvalue weighted by Gasteiger charge is 2.30. The van der Waals surface area contributed by atoms with E-state index in [4.69, 9.17) is 0 Å². The van der Waals surface area contributed by atoms with E-state index in [-0.39, 0.29) is 30.0 Å². The third-order valence-corrected chi connectivity index (χ3v) is 6.30. The maximum Gasteiger partial charge on any atom is 0.235 e. The summed E-state index contributed by atoms with van der Waals surface area (Å²) in [7, 11) is -3.20. The van der Waals surface area contributed by atoms with Crippen LogP contribution in [0.25, 0.3) is 0 Å². The van der Waals surface area contributed by atoms with Crippen molar-refractivity contribution in [3.05, 3.63) is 24.3 Å². The minimum Gasteiger partial charge on any atom is -0.326 e. The molecule has 1 aromatic rings. The lowest BCUT2D eigenvalue weighted by Crippen LogP contribution is -2.48. The predicted octanol–water partition coefficient (Wildman–Crippen LogP) is 1.44. The number of carbonyl (C=O) groups is 1. The molecule has 6 nitrogen and oxygen atoms in total. The van der Waals surface area contributed by atoms with Crippen molar-refractivity contribution in [1.82, 2.24) is 5.32 Å². The van der Waals surface area contributed by atoms with Crippen molar-refractivity contribution >= 4 is 39.7 Å². The topological polar surface area (TPSA) is 78.5 Å². The van der Waals surface area contributed by atoms with Gasteiger partial charge >= 0.3 is 0 Å². The molecule has 1 atom stereocenters. The van der Waals surface area contributed by atoms with Crippen LogP contribution < -0.4 is 14.9 Å². The molecule has 0 saturated carbocycles. The van der Waals surface area contributed by atoms with Crippen LogP contribution in [0, 0.1) is 11.8 Å². The third-order valence-electron chi connectivity index (χ3n) is 4.43. The van der Waals surface area contributed by atoms with Crippen molar-refractivity contribution < 1.29 is 13.2 Å². The van der Waals surface area contributed by atoms with Crippen LogP contribution in [-0.4, -0.2) is 39.7 Å². The van der Waals surface area contributed by atoms with Gasteiger partial charge in [0.05, 0.1) is 11.4 Å². The number of carbonyl (C=O) groups excluding carboxylic acids is 1. The first kappa shape index (κ1) is 18.0.